The highest BCUT2D eigenvalue weighted by atomic mass is 14.3. The largest absolute Gasteiger partial charge is 0.0839 e. The van der Waals surface area contributed by atoms with Crippen LogP contribution >= 0.6 is 0 Å². The molecule has 8 aliphatic rings. The molecule has 0 aliphatic heterocycles. The van der Waals surface area contributed by atoms with E-state index in [1.54, 1.807) is 39.0 Å². The molecule has 3 unspecified atom stereocenters. The monoisotopic (exact) mass is 574 g/mol. The molecule has 0 radical (unpaired) electrons. The average molecular weight is 575 g/mol. The zero-order valence-corrected chi connectivity index (χ0v) is 26.2. The topological polar surface area (TPSA) is 0 Å². The van der Waals surface area contributed by atoms with E-state index in [1.165, 1.54) is 67.2 Å². The summed E-state index contributed by atoms with van der Waals surface area (Å²) in [5, 5.41) is 0. The van der Waals surface area contributed by atoms with E-state index in [2.05, 4.69) is 103 Å². The summed E-state index contributed by atoms with van der Waals surface area (Å²) in [4.78, 5) is 0. The number of fused-ring (bicyclic) bond motifs is 2. The van der Waals surface area contributed by atoms with Crippen molar-refractivity contribution >= 4 is 0 Å². The quantitative estimate of drug-likeness (QED) is 0.306. The maximum atomic E-state index is 2.60. The highest BCUT2D eigenvalue weighted by Crippen LogP contribution is 2.46. The van der Waals surface area contributed by atoms with Crippen molar-refractivity contribution in [1.82, 2.24) is 0 Å². The first-order valence-corrected chi connectivity index (χ1v) is 17.5. The van der Waals surface area contributed by atoms with Crippen LogP contribution in [0, 0.1) is 17.8 Å². The number of allylic oxidation sites excluding steroid dienone is 28. The molecule has 0 aromatic rings. The van der Waals surface area contributed by atoms with Crippen molar-refractivity contribution in [2.45, 2.75) is 83.5 Å². The third-order valence-corrected chi connectivity index (χ3v) is 11.2. The van der Waals surface area contributed by atoms with Gasteiger partial charge in [-0.15, -0.1) is 0 Å². The van der Waals surface area contributed by atoms with E-state index in [-0.39, 0.29) is 0 Å². The van der Waals surface area contributed by atoms with Gasteiger partial charge in [0.05, 0.1) is 0 Å². The molecule has 0 bridgehead atoms. The van der Waals surface area contributed by atoms with Gasteiger partial charge in [-0.1, -0.05) is 103 Å². The minimum Gasteiger partial charge on any atom is -0.0839 e. The summed E-state index contributed by atoms with van der Waals surface area (Å²) >= 11 is 0. The Balaban J connectivity index is 1.06. The van der Waals surface area contributed by atoms with Gasteiger partial charge in [0.1, 0.15) is 0 Å². The first-order valence-electron chi connectivity index (χ1n) is 17.5. The summed E-state index contributed by atoms with van der Waals surface area (Å²) in [6.07, 6.45) is 56.9. The van der Waals surface area contributed by atoms with E-state index in [9.17, 15) is 0 Å². The summed E-state index contributed by atoms with van der Waals surface area (Å²) in [7, 11) is 0. The van der Waals surface area contributed by atoms with Crippen LogP contribution < -0.4 is 0 Å². The smallest absolute Gasteiger partial charge is 0.0118 e. The molecule has 0 amide bonds. The maximum absolute atomic E-state index is 2.60. The van der Waals surface area contributed by atoms with Crippen LogP contribution in [0.25, 0.3) is 0 Å². The summed E-state index contributed by atoms with van der Waals surface area (Å²) in [5.41, 5.74) is 17.1. The molecule has 0 heteroatoms. The van der Waals surface area contributed by atoms with Crippen molar-refractivity contribution in [3.8, 4) is 0 Å². The molecule has 0 N–H and O–H groups in total. The van der Waals surface area contributed by atoms with Crippen LogP contribution in [0.2, 0.25) is 0 Å². The molecule has 0 spiro atoms. The molecular formula is C44H46. The SMILES string of the molecule is C1=CCC2CCC3=C(CCC(C4=CC(C5=CCCC(C6=CC(C7=CCCC=C7)=CC(C7C=CC=CC7)C6)=C5)=CCC4)=C3)C2=C1. The molecule has 0 fully saturated rings. The second kappa shape index (κ2) is 12.4. The van der Waals surface area contributed by atoms with Gasteiger partial charge < -0.3 is 0 Å². The average Bonchev–Trinajstić information content (AvgIpc) is 3.12. The van der Waals surface area contributed by atoms with Crippen LogP contribution in [-0.4, -0.2) is 0 Å². The number of hydrogen-bond acceptors (Lipinski definition) is 0. The molecule has 222 valence electrons. The van der Waals surface area contributed by atoms with E-state index < -0.39 is 0 Å². The van der Waals surface area contributed by atoms with Crippen LogP contribution in [0.1, 0.15) is 83.5 Å². The molecular weight excluding hydrogens is 528 g/mol. The lowest BCUT2D eigenvalue weighted by Gasteiger charge is -2.34. The van der Waals surface area contributed by atoms with Gasteiger partial charge >= 0.3 is 0 Å². The van der Waals surface area contributed by atoms with Gasteiger partial charge in [0, 0.05) is 0 Å². The minimum absolute atomic E-state index is 0.561. The lowest BCUT2D eigenvalue weighted by molar-refractivity contribution is 0.467. The van der Waals surface area contributed by atoms with Crippen molar-refractivity contribution in [1.29, 1.82) is 0 Å². The van der Waals surface area contributed by atoms with E-state index in [0.717, 1.165) is 44.4 Å². The molecule has 0 aromatic carbocycles. The number of rotatable bonds is 5. The minimum atomic E-state index is 0.561. The van der Waals surface area contributed by atoms with Gasteiger partial charge in [-0.2, -0.15) is 0 Å². The van der Waals surface area contributed by atoms with Crippen molar-refractivity contribution < 1.29 is 0 Å². The predicted molar refractivity (Wildman–Crippen MR) is 187 cm³/mol. The lowest BCUT2D eigenvalue weighted by Crippen LogP contribution is -2.17. The van der Waals surface area contributed by atoms with Crippen molar-refractivity contribution in [3.63, 3.8) is 0 Å². The standard InChI is InChI=1S/C44H46/c1-3-11-31(12-4-1)40-28-41(32-13-5-2-6-14-32)30-42(29-40)37-19-10-17-35(26-37)34-16-9-18-36(25-34)38-23-24-44-39(27-38)22-21-33-15-7-8-20-43(33)44/h1,3-5,7-8,11,13-14,16-17,20,25-28,30-31,33,40H,2,6,9-10,12,15,18-19,21-24,29H2. The second-order valence-electron chi connectivity index (χ2n) is 13.9. The molecule has 8 rings (SSSR count). The highest BCUT2D eigenvalue weighted by Gasteiger charge is 2.29. The Kier molecular flexibility index (Phi) is 7.85. The molecule has 44 heavy (non-hydrogen) atoms. The van der Waals surface area contributed by atoms with Gasteiger partial charge in [0.15, 0.2) is 0 Å². The van der Waals surface area contributed by atoms with Crippen LogP contribution in [0.4, 0.5) is 0 Å². The Morgan fingerprint density at radius 3 is 2.11 bits per heavy atom. The van der Waals surface area contributed by atoms with Gasteiger partial charge in [0.2, 0.25) is 0 Å². The molecule has 0 aromatic heterocycles. The fourth-order valence-corrected chi connectivity index (χ4v) is 8.80. The van der Waals surface area contributed by atoms with Gasteiger partial charge in [-0.25, -0.2) is 0 Å². The van der Waals surface area contributed by atoms with Crippen molar-refractivity contribution in [2.24, 2.45) is 17.8 Å². The molecule has 3 atom stereocenters. The van der Waals surface area contributed by atoms with Crippen LogP contribution in [0.5, 0.6) is 0 Å². The van der Waals surface area contributed by atoms with Crippen LogP contribution in [0.3, 0.4) is 0 Å². The Labute approximate surface area is 265 Å². The molecule has 0 nitrogen and oxygen atoms in total. The molecule has 8 aliphatic carbocycles. The normalized spacial score (nSPS) is 29.6. The summed E-state index contributed by atoms with van der Waals surface area (Å²) in [6, 6.07) is 0. The Bertz CT molecular complexity index is 1660. The zero-order valence-electron chi connectivity index (χ0n) is 26.2. The molecule has 0 saturated carbocycles. The molecule has 0 heterocycles. The first kappa shape index (κ1) is 27.9. The van der Waals surface area contributed by atoms with Crippen molar-refractivity contribution in [2.75, 3.05) is 0 Å². The van der Waals surface area contributed by atoms with E-state index in [4.69, 9.17) is 0 Å². The van der Waals surface area contributed by atoms with E-state index in [1.807, 2.05) is 0 Å². The van der Waals surface area contributed by atoms with Gasteiger partial charge in [0.25, 0.3) is 0 Å². The van der Waals surface area contributed by atoms with E-state index in [0.29, 0.717) is 11.8 Å². The first-order chi connectivity index (χ1) is 21.8. The number of hydrogen-bond donors (Lipinski definition) is 0. The van der Waals surface area contributed by atoms with Gasteiger partial charge in [-0.05, 0) is 163 Å². The highest BCUT2D eigenvalue weighted by molar-refractivity contribution is 5.60. The Morgan fingerprint density at radius 2 is 1.32 bits per heavy atom. The third kappa shape index (κ3) is 5.65. The van der Waals surface area contributed by atoms with Crippen LogP contribution in [-0.2, 0) is 0 Å². The summed E-state index contributed by atoms with van der Waals surface area (Å²) in [6.45, 7) is 0. The molecule has 0 saturated heterocycles. The Hall–Kier alpha value is -3.64. The van der Waals surface area contributed by atoms with Crippen molar-refractivity contribution in [3.05, 3.63) is 165 Å². The second-order valence-corrected chi connectivity index (χ2v) is 13.9. The van der Waals surface area contributed by atoms with E-state index >= 15 is 0 Å². The zero-order chi connectivity index (χ0) is 29.3. The fourth-order valence-electron chi connectivity index (χ4n) is 8.80. The lowest BCUT2D eigenvalue weighted by atomic mass is 9.71. The Morgan fingerprint density at radius 1 is 0.545 bits per heavy atom. The predicted octanol–water partition coefficient (Wildman–Crippen LogP) is 11.9. The summed E-state index contributed by atoms with van der Waals surface area (Å²) in [5.74, 6) is 1.92. The van der Waals surface area contributed by atoms with Crippen LogP contribution in [0.15, 0.2) is 165 Å². The maximum Gasteiger partial charge on any atom is -0.0118 e. The summed E-state index contributed by atoms with van der Waals surface area (Å²) < 4.78 is 0. The van der Waals surface area contributed by atoms with Gasteiger partial charge in [-0.3, -0.25) is 0 Å². The third-order valence-electron chi connectivity index (χ3n) is 11.2. The fraction of sp³-hybridized carbons (Fsp3) is 0.364.